The molecule has 0 saturated carbocycles. The lowest BCUT2D eigenvalue weighted by Crippen LogP contribution is -2.39. The third kappa shape index (κ3) is 4.00. The Balaban J connectivity index is 2.08. The van der Waals surface area contributed by atoms with Gasteiger partial charge in [0.05, 0.1) is 11.4 Å². The smallest absolute Gasteiger partial charge is 0.261 e. The van der Waals surface area contributed by atoms with Crippen molar-refractivity contribution in [1.82, 2.24) is 5.32 Å². The number of amides is 1. The number of Topliss-reactive ketones (excluding diaryl/α,β-unsaturated/α-hetero) is 1. The second-order valence-corrected chi connectivity index (χ2v) is 6.25. The fourth-order valence-electron chi connectivity index (χ4n) is 2.00. The Morgan fingerprint density at radius 3 is 2.57 bits per heavy atom. The van der Waals surface area contributed by atoms with Crippen LogP contribution in [0.4, 0.5) is 8.78 Å². The molecule has 0 fully saturated rings. The largest absolute Gasteiger partial charge is 0.383 e. The average Bonchev–Trinajstić information content (AvgIpc) is 2.94. The molecule has 0 saturated heterocycles. The standard InChI is InChI=1S/C16H15F2NO3S/c1-9(20)10-5-14(23-7-10)15(21)19-8-16(2,22)12-4-3-11(17)6-13(12)18/h3-7,22H,8H2,1-2H3,(H,19,21). The van der Waals surface area contributed by atoms with E-state index in [-0.39, 0.29) is 17.9 Å². The fraction of sp³-hybridized carbons (Fsp3) is 0.250. The second-order valence-electron chi connectivity index (χ2n) is 5.34. The van der Waals surface area contributed by atoms with Crippen molar-refractivity contribution < 1.29 is 23.5 Å². The highest BCUT2D eigenvalue weighted by Crippen LogP contribution is 2.24. The van der Waals surface area contributed by atoms with Gasteiger partial charge in [-0.15, -0.1) is 11.3 Å². The zero-order chi connectivity index (χ0) is 17.2. The number of benzene rings is 1. The first-order valence-electron chi connectivity index (χ1n) is 6.76. The van der Waals surface area contributed by atoms with Gasteiger partial charge >= 0.3 is 0 Å². The number of carbonyl (C=O) groups is 2. The summed E-state index contributed by atoms with van der Waals surface area (Å²) in [4.78, 5) is 23.5. The minimum Gasteiger partial charge on any atom is -0.383 e. The van der Waals surface area contributed by atoms with Crippen molar-refractivity contribution in [1.29, 1.82) is 0 Å². The van der Waals surface area contributed by atoms with Crippen LogP contribution in [0.25, 0.3) is 0 Å². The van der Waals surface area contributed by atoms with Crippen LogP contribution >= 0.6 is 11.3 Å². The van der Waals surface area contributed by atoms with Crippen molar-refractivity contribution in [2.45, 2.75) is 19.4 Å². The zero-order valence-electron chi connectivity index (χ0n) is 12.5. The SMILES string of the molecule is CC(=O)c1csc(C(=O)NCC(C)(O)c2ccc(F)cc2F)c1. The molecule has 2 N–H and O–H groups in total. The molecule has 1 aromatic heterocycles. The second kappa shape index (κ2) is 6.55. The van der Waals surface area contributed by atoms with Crippen molar-refractivity contribution in [3.63, 3.8) is 0 Å². The maximum atomic E-state index is 13.7. The van der Waals surface area contributed by atoms with Gasteiger partial charge in [-0.2, -0.15) is 0 Å². The lowest BCUT2D eigenvalue weighted by Gasteiger charge is -2.24. The van der Waals surface area contributed by atoms with Gasteiger partial charge in [-0.05, 0) is 26.0 Å². The first-order chi connectivity index (χ1) is 10.7. The van der Waals surface area contributed by atoms with E-state index in [1.54, 1.807) is 5.38 Å². The molecule has 1 amide bonds. The van der Waals surface area contributed by atoms with Crippen molar-refractivity contribution in [2.24, 2.45) is 0 Å². The van der Waals surface area contributed by atoms with Crippen LogP contribution in [0.1, 0.15) is 39.4 Å². The van der Waals surface area contributed by atoms with Crippen molar-refractivity contribution in [3.05, 3.63) is 57.3 Å². The van der Waals surface area contributed by atoms with E-state index >= 15 is 0 Å². The number of aliphatic hydroxyl groups is 1. The van der Waals surface area contributed by atoms with Crippen LogP contribution in [0, 0.1) is 11.6 Å². The highest BCUT2D eigenvalue weighted by molar-refractivity contribution is 7.12. The normalized spacial score (nSPS) is 13.4. The highest BCUT2D eigenvalue weighted by Gasteiger charge is 2.28. The lowest BCUT2D eigenvalue weighted by molar-refractivity contribution is 0.0495. The Bertz CT molecular complexity index is 756. The molecule has 122 valence electrons. The fourth-order valence-corrected chi connectivity index (χ4v) is 2.86. The molecule has 0 aliphatic carbocycles. The maximum Gasteiger partial charge on any atom is 0.261 e. The predicted octanol–water partition coefficient (Wildman–Crippen LogP) is 2.87. The van der Waals surface area contributed by atoms with E-state index in [1.807, 2.05) is 0 Å². The maximum absolute atomic E-state index is 13.7. The first kappa shape index (κ1) is 17.2. The quantitative estimate of drug-likeness (QED) is 0.823. The number of halogens is 2. The van der Waals surface area contributed by atoms with Crippen LogP contribution < -0.4 is 5.32 Å². The lowest BCUT2D eigenvalue weighted by atomic mass is 9.95. The summed E-state index contributed by atoms with van der Waals surface area (Å²) < 4.78 is 26.7. The van der Waals surface area contributed by atoms with E-state index in [0.29, 0.717) is 16.5 Å². The minimum absolute atomic E-state index is 0.116. The molecule has 0 aliphatic rings. The van der Waals surface area contributed by atoms with Gasteiger partial charge in [-0.1, -0.05) is 6.07 Å². The molecule has 1 atom stereocenters. The molecular weight excluding hydrogens is 324 g/mol. The first-order valence-corrected chi connectivity index (χ1v) is 7.64. The van der Waals surface area contributed by atoms with Crippen LogP contribution in [-0.2, 0) is 5.60 Å². The summed E-state index contributed by atoms with van der Waals surface area (Å²) in [5.74, 6) is -2.27. The minimum atomic E-state index is -1.70. The third-order valence-electron chi connectivity index (χ3n) is 3.33. The van der Waals surface area contributed by atoms with Gasteiger partial charge in [-0.3, -0.25) is 9.59 Å². The molecule has 0 aliphatic heterocycles. The van der Waals surface area contributed by atoms with Gasteiger partial charge in [0.15, 0.2) is 5.78 Å². The molecule has 0 spiro atoms. The van der Waals surface area contributed by atoms with Crippen LogP contribution in [0.5, 0.6) is 0 Å². The number of thiophene rings is 1. The summed E-state index contributed by atoms with van der Waals surface area (Å²) in [5.41, 5.74) is -1.39. The number of carbonyl (C=O) groups excluding carboxylic acids is 2. The zero-order valence-corrected chi connectivity index (χ0v) is 13.3. The van der Waals surface area contributed by atoms with E-state index in [0.717, 1.165) is 23.5 Å². The van der Waals surface area contributed by atoms with Gasteiger partial charge in [-0.25, -0.2) is 8.78 Å². The van der Waals surface area contributed by atoms with Crippen molar-refractivity contribution >= 4 is 23.0 Å². The molecule has 0 radical (unpaired) electrons. The van der Waals surface area contributed by atoms with E-state index < -0.39 is 23.1 Å². The summed E-state index contributed by atoms with van der Waals surface area (Å²) in [7, 11) is 0. The number of rotatable bonds is 5. The van der Waals surface area contributed by atoms with Crippen molar-refractivity contribution in [2.75, 3.05) is 6.54 Å². The molecule has 1 unspecified atom stereocenters. The number of hydrogen-bond donors (Lipinski definition) is 2. The van der Waals surface area contributed by atoms with E-state index in [4.69, 9.17) is 0 Å². The molecular formula is C16H15F2NO3S. The summed E-state index contributed by atoms with van der Waals surface area (Å²) in [5, 5.41) is 14.4. The Hall–Kier alpha value is -2.12. The van der Waals surface area contributed by atoms with Crippen LogP contribution in [0.2, 0.25) is 0 Å². The van der Waals surface area contributed by atoms with Gasteiger partial charge < -0.3 is 10.4 Å². The number of hydrogen-bond acceptors (Lipinski definition) is 4. The third-order valence-corrected chi connectivity index (χ3v) is 4.26. The topological polar surface area (TPSA) is 66.4 Å². The monoisotopic (exact) mass is 339 g/mol. The summed E-state index contributed by atoms with van der Waals surface area (Å²) in [6.07, 6.45) is 0. The van der Waals surface area contributed by atoms with Crippen LogP contribution in [0.15, 0.2) is 29.6 Å². The van der Waals surface area contributed by atoms with Crippen LogP contribution in [0.3, 0.4) is 0 Å². The van der Waals surface area contributed by atoms with Crippen molar-refractivity contribution in [3.8, 4) is 0 Å². The Morgan fingerprint density at radius 2 is 2.00 bits per heavy atom. The molecule has 2 rings (SSSR count). The van der Waals surface area contributed by atoms with E-state index in [9.17, 15) is 23.5 Å². The molecule has 4 nitrogen and oxygen atoms in total. The Labute approximate surface area is 135 Å². The summed E-state index contributed by atoms with van der Waals surface area (Å²) in [6.45, 7) is 2.45. The molecule has 1 aromatic carbocycles. The predicted molar refractivity (Wildman–Crippen MR) is 82.6 cm³/mol. The summed E-state index contributed by atoms with van der Waals surface area (Å²) in [6, 6.07) is 4.29. The Kier molecular flexibility index (Phi) is 4.91. The van der Waals surface area contributed by atoms with E-state index in [1.165, 1.54) is 19.9 Å². The molecule has 0 bridgehead atoms. The average molecular weight is 339 g/mol. The highest BCUT2D eigenvalue weighted by atomic mass is 32.1. The summed E-state index contributed by atoms with van der Waals surface area (Å²) >= 11 is 1.10. The molecule has 1 heterocycles. The number of nitrogens with one attached hydrogen (secondary N) is 1. The van der Waals surface area contributed by atoms with Gasteiger partial charge in [0.25, 0.3) is 5.91 Å². The molecule has 23 heavy (non-hydrogen) atoms. The Morgan fingerprint density at radius 1 is 1.30 bits per heavy atom. The van der Waals surface area contributed by atoms with Gasteiger partial charge in [0.2, 0.25) is 0 Å². The van der Waals surface area contributed by atoms with Gasteiger partial charge in [0, 0.05) is 22.6 Å². The van der Waals surface area contributed by atoms with Crippen LogP contribution in [-0.4, -0.2) is 23.3 Å². The number of ketones is 1. The molecule has 7 heteroatoms. The molecule has 2 aromatic rings. The van der Waals surface area contributed by atoms with E-state index in [2.05, 4.69) is 5.32 Å². The van der Waals surface area contributed by atoms with Gasteiger partial charge in [0.1, 0.15) is 17.2 Å².